The number of aliphatic hydroxyl groups is 1. The van der Waals surface area contributed by atoms with Crippen molar-refractivity contribution in [2.45, 2.75) is 32.4 Å². The number of nitrogens with zero attached hydrogens (tertiary/aromatic N) is 2. The van der Waals surface area contributed by atoms with Crippen LogP contribution in [0, 0.1) is 10.1 Å². The van der Waals surface area contributed by atoms with Crippen molar-refractivity contribution in [2.24, 2.45) is 0 Å². The average molecular weight is 286 g/mol. The summed E-state index contributed by atoms with van der Waals surface area (Å²) in [5, 5.41) is 21.4. The fourth-order valence-electron chi connectivity index (χ4n) is 2.15. The van der Waals surface area contributed by atoms with Gasteiger partial charge in [-0.15, -0.1) is 11.3 Å². The number of aliphatic hydroxyl groups excluding tert-OH is 1. The number of hydrogen-bond acceptors (Lipinski definition) is 6. The maximum Gasteiger partial charge on any atom is 0.304 e. The lowest BCUT2D eigenvalue weighted by Gasteiger charge is -2.42. The van der Waals surface area contributed by atoms with Crippen molar-refractivity contribution in [1.82, 2.24) is 0 Å². The second-order valence-corrected chi connectivity index (χ2v) is 6.35. The summed E-state index contributed by atoms with van der Waals surface area (Å²) >= 11 is 1.28. The smallest absolute Gasteiger partial charge is 0.304 e. The Morgan fingerprint density at radius 3 is 2.84 bits per heavy atom. The van der Waals surface area contributed by atoms with Crippen molar-refractivity contribution in [3.05, 3.63) is 21.1 Å². The third-order valence-electron chi connectivity index (χ3n) is 3.21. The SMILES string of the molecule is C[C@H](O)c1cc([N+](=O)[O-])c(N2CCOCC2(C)C)s1. The van der Waals surface area contributed by atoms with E-state index in [1.54, 1.807) is 6.92 Å². The summed E-state index contributed by atoms with van der Waals surface area (Å²) < 4.78 is 5.43. The van der Waals surface area contributed by atoms with E-state index in [9.17, 15) is 15.2 Å². The van der Waals surface area contributed by atoms with Crippen LogP contribution in [0.5, 0.6) is 0 Å². The first-order chi connectivity index (χ1) is 8.83. The fourth-order valence-corrected chi connectivity index (χ4v) is 3.41. The van der Waals surface area contributed by atoms with Crippen molar-refractivity contribution in [3.63, 3.8) is 0 Å². The Labute approximate surface area is 115 Å². The van der Waals surface area contributed by atoms with Crippen LogP contribution in [-0.2, 0) is 4.74 Å². The van der Waals surface area contributed by atoms with Gasteiger partial charge in [0.05, 0.1) is 29.8 Å². The zero-order valence-corrected chi connectivity index (χ0v) is 12.1. The molecule has 106 valence electrons. The van der Waals surface area contributed by atoms with Crippen molar-refractivity contribution in [1.29, 1.82) is 0 Å². The normalized spacial score (nSPS) is 20.3. The van der Waals surface area contributed by atoms with Gasteiger partial charge in [0, 0.05) is 17.5 Å². The number of morpholine rings is 1. The third-order valence-corrected chi connectivity index (χ3v) is 4.53. The molecule has 0 amide bonds. The molecule has 0 saturated carbocycles. The molecule has 1 aromatic rings. The summed E-state index contributed by atoms with van der Waals surface area (Å²) in [4.78, 5) is 13.4. The van der Waals surface area contributed by atoms with E-state index in [1.165, 1.54) is 17.4 Å². The Hall–Kier alpha value is -1.18. The van der Waals surface area contributed by atoms with Gasteiger partial charge in [-0.2, -0.15) is 0 Å². The third kappa shape index (κ3) is 2.72. The minimum Gasteiger partial charge on any atom is -0.388 e. The van der Waals surface area contributed by atoms with Gasteiger partial charge in [-0.1, -0.05) is 0 Å². The highest BCUT2D eigenvalue weighted by molar-refractivity contribution is 7.16. The average Bonchev–Trinajstić information content (AvgIpc) is 2.73. The van der Waals surface area contributed by atoms with Crippen LogP contribution in [-0.4, -0.2) is 35.3 Å². The molecule has 1 aliphatic heterocycles. The Bertz CT molecular complexity index is 484. The fraction of sp³-hybridized carbons (Fsp3) is 0.667. The van der Waals surface area contributed by atoms with Gasteiger partial charge in [-0.05, 0) is 20.8 Å². The monoisotopic (exact) mass is 286 g/mol. The Morgan fingerprint density at radius 1 is 1.63 bits per heavy atom. The molecule has 19 heavy (non-hydrogen) atoms. The number of rotatable bonds is 3. The van der Waals surface area contributed by atoms with Crippen LogP contribution in [0.4, 0.5) is 10.7 Å². The van der Waals surface area contributed by atoms with Crippen LogP contribution in [0.25, 0.3) is 0 Å². The first-order valence-electron chi connectivity index (χ1n) is 6.14. The maximum atomic E-state index is 11.2. The van der Waals surface area contributed by atoms with E-state index in [1.807, 2.05) is 18.7 Å². The number of hydrogen-bond donors (Lipinski definition) is 1. The predicted octanol–water partition coefficient (Wildman–Crippen LogP) is 2.32. The Kier molecular flexibility index (Phi) is 3.80. The highest BCUT2D eigenvalue weighted by Crippen LogP contribution is 2.43. The van der Waals surface area contributed by atoms with Gasteiger partial charge in [0.15, 0.2) is 5.00 Å². The standard InChI is InChI=1S/C12H18N2O4S/c1-8(15)10-6-9(14(16)17)11(19-10)13-4-5-18-7-12(13,2)3/h6,8,15H,4-5,7H2,1-3H3/t8-/m0/s1. The molecule has 1 saturated heterocycles. The molecule has 0 unspecified atom stereocenters. The van der Waals surface area contributed by atoms with E-state index in [0.717, 1.165) is 0 Å². The molecule has 1 atom stereocenters. The van der Waals surface area contributed by atoms with Gasteiger partial charge in [0.25, 0.3) is 0 Å². The molecule has 2 rings (SSSR count). The largest absolute Gasteiger partial charge is 0.388 e. The first kappa shape index (κ1) is 14.2. The lowest BCUT2D eigenvalue weighted by molar-refractivity contribution is -0.383. The molecule has 1 fully saturated rings. The van der Waals surface area contributed by atoms with Crippen LogP contribution < -0.4 is 4.90 Å². The van der Waals surface area contributed by atoms with Gasteiger partial charge in [0.2, 0.25) is 0 Å². The number of nitro groups is 1. The molecule has 1 aromatic heterocycles. The van der Waals surface area contributed by atoms with Gasteiger partial charge in [-0.25, -0.2) is 0 Å². The van der Waals surface area contributed by atoms with E-state index in [4.69, 9.17) is 4.74 Å². The summed E-state index contributed by atoms with van der Waals surface area (Å²) in [6, 6.07) is 1.47. The van der Waals surface area contributed by atoms with Crippen molar-refractivity contribution in [2.75, 3.05) is 24.7 Å². The van der Waals surface area contributed by atoms with Gasteiger partial charge < -0.3 is 14.7 Å². The topological polar surface area (TPSA) is 75.8 Å². The summed E-state index contributed by atoms with van der Waals surface area (Å²) in [7, 11) is 0. The van der Waals surface area contributed by atoms with E-state index in [-0.39, 0.29) is 16.1 Å². The Balaban J connectivity index is 2.45. The number of ether oxygens (including phenoxy) is 1. The molecule has 1 N–H and O–H groups in total. The summed E-state index contributed by atoms with van der Waals surface area (Å²) in [5.41, 5.74) is -0.222. The zero-order chi connectivity index (χ0) is 14.2. The molecular formula is C12H18N2O4S. The van der Waals surface area contributed by atoms with Crippen molar-refractivity contribution in [3.8, 4) is 0 Å². The van der Waals surface area contributed by atoms with E-state index in [0.29, 0.717) is 29.6 Å². The Morgan fingerprint density at radius 2 is 2.32 bits per heavy atom. The van der Waals surface area contributed by atoms with Crippen LogP contribution in [0.15, 0.2) is 6.07 Å². The van der Waals surface area contributed by atoms with E-state index in [2.05, 4.69) is 0 Å². The van der Waals surface area contributed by atoms with Crippen LogP contribution >= 0.6 is 11.3 Å². The molecule has 7 heteroatoms. The van der Waals surface area contributed by atoms with Crippen molar-refractivity contribution >= 4 is 22.0 Å². The highest BCUT2D eigenvalue weighted by atomic mass is 32.1. The second kappa shape index (κ2) is 5.07. The zero-order valence-electron chi connectivity index (χ0n) is 11.3. The molecule has 6 nitrogen and oxygen atoms in total. The molecule has 0 aromatic carbocycles. The van der Waals surface area contributed by atoms with Crippen molar-refractivity contribution < 1.29 is 14.8 Å². The van der Waals surface area contributed by atoms with E-state index >= 15 is 0 Å². The van der Waals surface area contributed by atoms with Gasteiger partial charge in [-0.3, -0.25) is 10.1 Å². The van der Waals surface area contributed by atoms with Gasteiger partial charge >= 0.3 is 5.69 Å². The molecule has 2 heterocycles. The first-order valence-corrected chi connectivity index (χ1v) is 6.96. The lowest BCUT2D eigenvalue weighted by atomic mass is 10.0. The lowest BCUT2D eigenvalue weighted by Crippen LogP contribution is -2.53. The molecule has 1 aliphatic rings. The summed E-state index contributed by atoms with van der Waals surface area (Å²) in [6.07, 6.45) is -0.693. The maximum absolute atomic E-state index is 11.2. The minimum absolute atomic E-state index is 0.0656. The summed E-state index contributed by atoms with van der Waals surface area (Å²) in [6.45, 7) is 7.32. The number of thiophene rings is 1. The second-order valence-electron chi connectivity index (χ2n) is 5.29. The van der Waals surface area contributed by atoms with Gasteiger partial charge in [0.1, 0.15) is 0 Å². The minimum atomic E-state index is -0.693. The van der Waals surface area contributed by atoms with Crippen LogP contribution in [0.2, 0.25) is 0 Å². The van der Waals surface area contributed by atoms with Crippen LogP contribution in [0.3, 0.4) is 0 Å². The molecular weight excluding hydrogens is 268 g/mol. The molecule has 0 spiro atoms. The molecule has 0 bridgehead atoms. The molecule has 0 radical (unpaired) electrons. The quantitative estimate of drug-likeness (QED) is 0.681. The van der Waals surface area contributed by atoms with E-state index < -0.39 is 6.10 Å². The van der Waals surface area contributed by atoms with Crippen LogP contribution in [0.1, 0.15) is 31.8 Å². The summed E-state index contributed by atoms with van der Waals surface area (Å²) in [5.74, 6) is 0. The highest BCUT2D eigenvalue weighted by Gasteiger charge is 2.36. The number of anilines is 1. The predicted molar refractivity (Wildman–Crippen MR) is 73.9 cm³/mol. The molecule has 0 aliphatic carbocycles.